The summed E-state index contributed by atoms with van der Waals surface area (Å²) in [7, 11) is 3.98. The van der Waals surface area contributed by atoms with Gasteiger partial charge in [0.15, 0.2) is 5.78 Å². The maximum atomic E-state index is 12.0. The largest absolute Gasteiger partial charge is 0.378 e. The van der Waals surface area contributed by atoms with E-state index in [0.29, 0.717) is 12.3 Å². The maximum Gasteiger partial charge on any atom is 0.162 e. The molecule has 1 rings (SSSR count). The SMILES string of the molecule is CC(C)CCCC(=O)c1cccc(N(C)C)c1. The summed E-state index contributed by atoms with van der Waals surface area (Å²) in [6, 6.07) is 7.85. The second-order valence-electron chi connectivity index (χ2n) is 5.15. The number of hydrogen-bond acceptors (Lipinski definition) is 2. The van der Waals surface area contributed by atoms with Crippen molar-refractivity contribution >= 4 is 11.5 Å². The van der Waals surface area contributed by atoms with Crippen LogP contribution in [-0.4, -0.2) is 19.9 Å². The molecule has 0 saturated heterocycles. The lowest BCUT2D eigenvalue weighted by Gasteiger charge is -2.13. The van der Waals surface area contributed by atoms with Gasteiger partial charge in [0.25, 0.3) is 0 Å². The Labute approximate surface area is 105 Å². The molecular weight excluding hydrogens is 210 g/mol. The van der Waals surface area contributed by atoms with E-state index in [1.165, 1.54) is 0 Å². The maximum absolute atomic E-state index is 12.0. The summed E-state index contributed by atoms with van der Waals surface area (Å²) in [5.41, 5.74) is 1.92. The lowest BCUT2D eigenvalue weighted by molar-refractivity contribution is 0.0978. The zero-order valence-corrected chi connectivity index (χ0v) is 11.4. The highest BCUT2D eigenvalue weighted by molar-refractivity contribution is 5.96. The average Bonchev–Trinajstić information content (AvgIpc) is 2.28. The zero-order chi connectivity index (χ0) is 12.8. The number of ketones is 1. The van der Waals surface area contributed by atoms with Crippen LogP contribution in [0.3, 0.4) is 0 Å². The van der Waals surface area contributed by atoms with Gasteiger partial charge in [-0.05, 0) is 24.5 Å². The molecule has 0 unspecified atom stereocenters. The molecule has 0 fully saturated rings. The summed E-state index contributed by atoms with van der Waals surface area (Å²) in [6.07, 6.45) is 2.77. The van der Waals surface area contributed by atoms with E-state index in [1.807, 2.05) is 43.3 Å². The van der Waals surface area contributed by atoms with Crippen LogP contribution < -0.4 is 4.90 Å². The molecule has 0 amide bonds. The molecule has 0 N–H and O–H groups in total. The molecular formula is C15H23NO. The van der Waals surface area contributed by atoms with Crippen molar-refractivity contribution in [3.8, 4) is 0 Å². The Kier molecular flexibility index (Phi) is 5.20. The van der Waals surface area contributed by atoms with E-state index in [1.54, 1.807) is 0 Å². The number of benzene rings is 1. The van der Waals surface area contributed by atoms with E-state index in [9.17, 15) is 4.79 Å². The topological polar surface area (TPSA) is 20.3 Å². The van der Waals surface area contributed by atoms with E-state index >= 15 is 0 Å². The molecule has 0 saturated carbocycles. The van der Waals surface area contributed by atoms with Crippen LogP contribution in [0.1, 0.15) is 43.5 Å². The lowest BCUT2D eigenvalue weighted by atomic mass is 10.0. The van der Waals surface area contributed by atoms with Crippen molar-refractivity contribution in [2.75, 3.05) is 19.0 Å². The average molecular weight is 233 g/mol. The molecule has 0 atom stereocenters. The second kappa shape index (κ2) is 6.43. The van der Waals surface area contributed by atoms with Crippen LogP contribution >= 0.6 is 0 Å². The van der Waals surface area contributed by atoms with Gasteiger partial charge in [0, 0.05) is 31.8 Å². The molecule has 0 aliphatic rings. The highest BCUT2D eigenvalue weighted by atomic mass is 16.1. The minimum Gasteiger partial charge on any atom is -0.378 e. The molecule has 0 bridgehead atoms. The third kappa shape index (κ3) is 4.59. The molecule has 0 aliphatic heterocycles. The molecule has 1 aromatic carbocycles. The summed E-state index contributed by atoms with van der Waals surface area (Å²) < 4.78 is 0. The van der Waals surface area contributed by atoms with E-state index in [4.69, 9.17) is 0 Å². The summed E-state index contributed by atoms with van der Waals surface area (Å²) >= 11 is 0. The zero-order valence-electron chi connectivity index (χ0n) is 11.4. The predicted octanol–water partition coefficient (Wildman–Crippen LogP) is 3.76. The molecule has 94 valence electrons. The second-order valence-corrected chi connectivity index (χ2v) is 5.15. The van der Waals surface area contributed by atoms with Crippen LogP contribution in [-0.2, 0) is 0 Å². The van der Waals surface area contributed by atoms with Crippen molar-refractivity contribution in [2.45, 2.75) is 33.1 Å². The van der Waals surface area contributed by atoms with Gasteiger partial charge in [0.05, 0.1) is 0 Å². The first-order chi connectivity index (χ1) is 8.00. The van der Waals surface area contributed by atoms with Crippen LogP contribution in [0.5, 0.6) is 0 Å². The van der Waals surface area contributed by atoms with E-state index in [0.717, 1.165) is 24.1 Å². The number of hydrogen-bond donors (Lipinski definition) is 0. The lowest BCUT2D eigenvalue weighted by Crippen LogP contribution is -2.09. The van der Waals surface area contributed by atoms with Gasteiger partial charge in [0.2, 0.25) is 0 Å². The Hall–Kier alpha value is -1.31. The van der Waals surface area contributed by atoms with E-state index in [2.05, 4.69) is 13.8 Å². The normalized spacial score (nSPS) is 10.6. The number of nitrogens with zero attached hydrogens (tertiary/aromatic N) is 1. The number of Topliss-reactive ketones (excluding diaryl/α,β-unsaturated/α-hetero) is 1. The van der Waals surface area contributed by atoms with Crippen molar-refractivity contribution in [1.82, 2.24) is 0 Å². The number of anilines is 1. The smallest absolute Gasteiger partial charge is 0.162 e. The Bertz CT molecular complexity index is 369. The molecule has 0 spiro atoms. The van der Waals surface area contributed by atoms with Gasteiger partial charge in [-0.2, -0.15) is 0 Å². The third-order valence-electron chi connectivity index (χ3n) is 2.87. The summed E-state index contributed by atoms with van der Waals surface area (Å²) in [6.45, 7) is 4.38. The van der Waals surface area contributed by atoms with Crippen LogP contribution in [0.15, 0.2) is 24.3 Å². The molecule has 0 aromatic heterocycles. The quantitative estimate of drug-likeness (QED) is 0.697. The van der Waals surface area contributed by atoms with Gasteiger partial charge in [-0.25, -0.2) is 0 Å². The van der Waals surface area contributed by atoms with Crippen LogP contribution in [0, 0.1) is 5.92 Å². The van der Waals surface area contributed by atoms with E-state index in [-0.39, 0.29) is 5.78 Å². The van der Waals surface area contributed by atoms with Crippen LogP contribution in [0.4, 0.5) is 5.69 Å². The first-order valence-corrected chi connectivity index (χ1v) is 6.31. The number of carbonyl (C=O) groups is 1. The van der Waals surface area contributed by atoms with Gasteiger partial charge < -0.3 is 4.90 Å². The third-order valence-corrected chi connectivity index (χ3v) is 2.87. The fraction of sp³-hybridized carbons (Fsp3) is 0.533. The first-order valence-electron chi connectivity index (χ1n) is 6.31. The van der Waals surface area contributed by atoms with Crippen molar-refractivity contribution in [3.05, 3.63) is 29.8 Å². The fourth-order valence-corrected chi connectivity index (χ4v) is 1.77. The minimum absolute atomic E-state index is 0.259. The summed E-state index contributed by atoms with van der Waals surface area (Å²) in [5, 5.41) is 0. The van der Waals surface area contributed by atoms with E-state index < -0.39 is 0 Å². The fourth-order valence-electron chi connectivity index (χ4n) is 1.77. The summed E-state index contributed by atoms with van der Waals surface area (Å²) in [4.78, 5) is 14.0. The highest BCUT2D eigenvalue weighted by Gasteiger charge is 2.07. The van der Waals surface area contributed by atoms with Gasteiger partial charge >= 0.3 is 0 Å². The van der Waals surface area contributed by atoms with Crippen molar-refractivity contribution in [1.29, 1.82) is 0 Å². The van der Waals surface area contributed by atoms with Gasteiger partial charge in [-0.1, -0.05) is 32.4 Å². The first kappa shape index (κ1) is 13.8. The number of carbonyl (C=O) groups excluding carboxylic acids is 1. The molecule has 2 nitrogen and oxygen atoms in total. The van der Waals surface area contributed by atoms with Crippen molar-refractivity contribution < 1.29 is 4.79 Å². The van der Waals surface area contributed by atoms with Gasteiger partial charge in [-0.3, -0.25) is 4.79 Å². The Balaban J connectivity index is 2.59. The molecule has 1 aromatic rings. The number of rotatable bonds is 6. The predicted molar refractivity (Wildman–Crippen MR) is 73.8 cm³/mol. The Morgan fingerprint density at radius 1 is 1.29 bits per heavy atom. The standard InChI is InChI=1S/C15H23NO/c1-12(2)7-5-10-15(17)13-8-6-9-14(11-13)16(3)4/h6,8-9,11-12H,5,7,10H2,1-4H3. The minimum atomic E-state index is 0.259. The van der Waals surface area contributed by atoms with Crippen molar-refractivity contribution in [3.63, 3.8) is 0 Å². The molecule has 0 radical (unpaired) electrons. The Morgan fingerprint density at radius 3 is 2.59 bits per heavy atom. The molecule has 0 heterocycles. The molecule has 0 aliphatic carbocycles. The van der Waals surface area contributed by atoms with Crippen LogP contribution in [0.25, 0.3) is 0 Å². The monoisotopic (exact) mass is 233 g/mol. The molecule has 2 heteroatoms. The van der Waals surface area contributed by atoms with Gasteiger partial charge in [-0.15, -0.1) is 0 Å². The molecule has 17 heavy (non-hydrogen) atoms. The highest BCUT2D eigenvalue weighted by Crippen LogP contribution is 2.16. The van der Waals surface area contributed by atoms with Gasteiger partial charge in [0.1, 0.15) is 0 Å². The Morgan fingerprint density at radius 2 is 2.00 bits per heavy atom. The summed E-state index contributed by atoms with van der Waals surface area (Å²) in [5.74, 6) is 0.935. The van der Waals surface area contributed by atoms with Crippen LogP contribution in [0.2, 0.25) is 0 Å². The van der Waals surface area contributed by atoms with Crippen molar-refractivity contribution in [2.24, 2.45) is 5.92 Å².